The lowest BCUT2D eigenvalue weighted by atomic mass is 10.1. The lowest BCUT2D eigenvalue weighted by Gasteiger charge is -2.17. The van der Waals surface area contributed by atoms with Gasteiger partial charge >= 0.3 is 11.9 Å². The van der Waals surface area contributed by atoms with Crippen LogP contribution in [0, 0.1) is 0 Å². The number of ether oxygens (including phenoxy) is 1. The molecule has 0 fully saturated rings. The summed E-state index contributed by atoms with van der Waals surface area (Å²) in [6.45, 7) is 1.16. The van der Waals surface area contributed by atoms with Crippen molar-refractivity contribution in [1.29, 1.82) is 0 Å². The molecule has 1 heterocycles. The summed E-state index contributed by atoms with van der Waals surface area (Å²) in [7, 11) is 0. The van der Waals surface area contributed by atoms with Crippen LogP contribution in [0.25, 0.3) is 0 Å². The number of carboxylic acids is 1. The second-order valence-corrected chi connectivity index (χ2v) is 8.43. The van der Waals surface area contributed by atoms with E-state index < -0.39 is 48.7 Å². The second kappa shape index (κ2) is 14.9. The standard InChI is InChI=1S/C25H30N4O9/c1-16(30)38-15-17-6-8-18(9-7-17)27-21(32)14-26-25(37)19(13-24(35)36)28-20(31)5-3-2-4-12-29-22(33)10-11-23(29)34/h6-11,19H,2-5,12-15H2,1H3,(H,26,37)(H,27,32)(H,28,31)(H,35,36). The van der Waals surface area contributed by atoms with E-state index in [0.29, 0.717) is 30.5 Å². The van der Waals surface area contributed by atoms with Gasteiger partial charge in [0.05, 0.1) is 13.0 Å². The highest BCUT2D eigenvalue weighted by Gasteiger charge is 2.24. The first-order valence-corrected chi connectivity index (χ1v) is 11.9. The number of anilines is 1. The van der Waals surface area contributed by atoms with E-state index in [4.69, 9.17) is 9.84 Å². The van der Waals surface area contributed by atoms with Crippen LogP contribution in [0.5, 0.6) is 0 Å². The molecule has 0 saturated carbocycles. The summed E-state index contributed by atoms with van der Waals surface area (Å²) in [5.74, 6) is -4.42. The Morgan fingerprint density at radius 2 is 1.61 bits per heavy atom. The Bertz CT molecular complexity index is 1080. The summed E-state index contributed by atoms with van der Waals surface area (Å²) in [5.41, 5.74) is 1.15. The van der Waals surface area contributed by atoms with Gasteiger partial charge in [0.1, 0.15) is 12.6 Å². The summed E-state index contributed by atoms with van der Waals surface area (Å²) in [5, 5.41) is 16.3. The number of imide groups is 1. The number of hydrogen-bond donors (Lipinski definition) is 4. The molecule has 13 nitrogen and oxygen atoms in total. The Morgan fingerprint density at radius 1 is 0.947 bits per heavy atom. The zero-order chi connectivity index (χ0) is 28.1. The zero-order valence-electron chi connectivity index (χ0n) is 20.9. The van der Waals surface area contributed by atoms with Crippen molar-refractivity contribution >= 4 is 47.2 Å². The van der Waals surface area contributed by atoms with E-state index in [0.717, 1.165) is 4.90 Å². The Kier molecular flexibility index (Phi) is 11.6. The van der Waals surface area contributed by atoms with Gasteiger partial charge in [0.2, 0.25) is 17.7 Å². The van der Waals surface area contributed by atoms with Gasteiger partial charge < -0.3 is 25.8 Å². The van der Waals surface area contributed by atoms with Crippen LogP contribution in [0.1, 0.15) is 44.6 Å². The van der Waals surface area contributed by atoms with Crippen molar-refractivity contribution in [3.05, 3.63) is 42.0 Å². The van der Waals surface area contributed by atoms with Gasteiger partial charge in [0, 0.05) is 37.7 Å². The molecule has 0 aliphatic carbocycles. The molecule has 1 aromatic rings. The SMILES string of the molecule is CC(=O)OCc1ccc(NC(=O)CNC(=O)C(CC(=O)O)NC(=O)CCCCCN2C(=O)C=CC2=O)cc1. The molecule has 2 rings (SSSR count). The first-order valence-electron chi connectivity index (χ1n) is 11.9. The predicted molar refractivity (Wildman–Crippen MR) is 132 cm³/mol. The number of benzene rings is 1. The number of nitrogens with one attached hydrogen (secondary N) is 3. The third-order valence-electron chi connectivity index (χ3n) is 5.32. The molecule has 13 heteroatoms. The van der Waals surface area contributed by atoms with Crippen LogP contribution in [0.3, 0.4) is 0 Å². The monoisotopic (exact) mass is 530 g/mol. The van der Waals surface area contributed by atoms with Crippen molar-refractivity contribution < 1.29 is 43.4 Å². The van der Waals surface area contributed by atoms with Crippen LogP contribution in [-0.4, -0.2) is 70.6 Å². The Labute approximate surface area is 218 Å². The number of carboxylic acid groups (broad SMARTS) is 1. The van der Waals surface area contributed by atoms with E-state index in [1.165, 1.54) is 19.1 Å². The van der Waals surface area contributed by atoms with Crippen LogP contribution in [0.2, 0.25) is 0 Å². The molecule has 0 saturated heterocycles. The number of carbonyl (C=O) groups excluding carboxylic acids is 6. The molecular weight excluding hydrogens is 500 g/mol. The van der Waals surface area contributed by atoms with Gasteiger partial charge in [0.25, 0.3) is 11.8 Å². The van der Waals surface area contributed by atoms with E-state index in [9.17, 15) is 33.6 Å². The molecule has 0 bridgehead atoms. The molecular formula is C25H30N4O9. The molecule has 204 valence electrons. The molecule has 0 aromatic heterocycles. The van der Waals surface area contributed by atoms with Crippen molar-refractivity contribution in [2.45, 2.75) is 51.7 Å². The summed E-state index contributed by atoms with van der Waals surface area (Å²) < 4.78 is 4.88. The summed E-state index contributed by atoms with van der Waals surface area (Å²) in [6.07, 6.45) is 3.16. The summed E-state index contributed by atoms with van der Waals surface area (Å²) in [6, 6.07) is 5.10. The van der Waals surface area contributed by atoms with Crippen LogP contribution in [-0.2, 0) is 44.9 Å². The number of hydrogen-bond acceptors (Lipinski definition) is 8. The highest BCUT2D eigenvalue weighted by atomic mass is 16.5. The van der Waals surface area contributed by atoms with Gasteiger partial charge in [-0.3, -0.25) is 38.5 Å². The molecule has 1 aliphatic heterocycles. The number of carbonyl (C=O) groups is 7. The van der Waals surface area contributed by atoms with Gasteiger partial charge in [-0.2, -0.15) is 0 Å². The van der Waals surface area contributed by atoms with Crippen molar-refractivity contribution in [3.8, 4) is 0 Å². The fourth-order valence-electron chi connectivity index (χ4n) is 3.40. The molecule has 5 amide bonds. The highest BCUT2D eigenvalue weighted by Crippen LogP contribution is 2.11. The smallest absolute Gasteiger partial charge is 0.305 e. The van der Waals surface area contributed by atoms with Crippen molar-refractivity contribution in [3.63, 3.8) is 0 Å². The third-order valence-corrected chi connectivity index (χ3v) is 5.32. The predicted octanol–water partition coefficient (Wildman–Crippen LogP) is 0.249. The molecule has 1 aliphatic rings. The quantitative estimate of drug-likeness (QED) is 0.140. The normalized spacial score (nSPS) is 13.1. The van der Waals surface area contributed by atoms with E-state index >= 15 is 0 Å². The third kappa shape index (κ3) is 10.6. The summed E-state index contributed by atoms with van der Waals surface area (Å²) in [4.78, 5) is 83.0. The van der Waals surface area contributed by atoms with Gasteiger partial charge in [0.15, 0.2) is 0 Å². The van der Waals surface area contributed by atoms with Crippen LogP contribution < -0.4 is 16.0 Å². The lowest BCUT2D eigenvalue weighted by molar-refractivity contribution is -0.142. The molecule has 38 heavy (non-hydrogen) atoms. The molecule has 1 aromatic carbocycles. The number of unbranched alkanes of at least 4 members (excludes halogenated alkanes) is 2. The van der Waals surface area contributed by atoms with Crippen LogP contribution in [0.15, 0.2) is 36.4 Å². The number of esters is 1. The first kappa shape index (κ1) is 29.7. The van der Waals surface area contributed by atoms with Crippen molar-refractivity contribution in [1.82, 2.24) is 15.5 Å². The van der Waals surface area contributed by atoms with Gasteiger partial charge in [-0.05, 0) is 30.5 Å². The molecule has 0 radical (unpaired) electrons. The molecule has 0 spiro atoms. The number of amides is 5. The van der Waals surface area contributed by atoms with Gasteiger partial charge in [-0.15, -0.1) is 0 Å². The zero-order valence-corrected chi connectivity index (χ0v) is 20.9. The average molecular weight is 531 g/mol. The fourth-order valence-corrected chi connectivity index (χ4v) is 3.40. The van der Waals surface area contributed by atoms with E-state index in [1.807, 2.05) is 0 Å². The second-order valence-electron chi connectivity index (χ2n) is 8.43. The van der Waals surface area contributed by atoms with E-state index in [-0.39, 0.29) is 31.4 Å². The van der Waals surface area contributed by atoms with E-state index in [2.05, 4.69) is 16.0 Å². The Balaban J connectivity index is 1.73. The molecule has 1 unspecified atom stereocenters. The number of aliphatic carboxylic acids is 1. The number of rotatable bonds is 15. The minimum absolute atomic E-state index is 0.0114. The van der Waals surface area contributed by atoms with Crippen LogP contribution in [0.4, 0.5) is 5.69 Å². The van der Waals surface area contributed by atoms with Crippen LogP contribution >= 0.6 is 0 Å². The first-order chi connectivity index (χ1) is 18.0. The van der Waals surface area contributed by atoms with Gasteiger partial charge in [-0.25, -0.2) is 0 Å². The number of nitrogens with zero attached hydrogens (tertiary/aromatic N) is 1. The minimum atomic E-state index is -1.38. The van der Waals surface area contributed by atoms with Gasteiger partial charge in [-0.1, -0.05) is 18.6 Å². The van der Waals surface area contributed by atoms with Crippen molar-refractivity contribution in [2.75, 3.05) is 18.4 Å². The maximum Gasteiger partial charge on any atom is 0.305 e. The average Bonchev–Trinajstić information content (AvgIpc) is 3.18. The lowest BCUT2D eigenvalue weighted by Crippen LogP contribution is -2.49. The summed E-state index contributed by atoms with van der Waals surface area (Å²) >= 11 is 0. The topological polar surface area (TPSA) is 188 Å². The van der Waals surface area contributed by atoms with Crippen molar-refractivity contribution in [2.24, 2.45) is 0 Å². The maximum absolute atomic E-state index is 12.4. The Morgan fingerprint density at radius 3 is 2.21 bits per heavy atom. The minimum Gasteiger partial charge on any atom is -0.481 e. The largest absolute Gasteiger partial charge is 0.481 e. The molecule has 1 atom stereocenters. The molecule has 4 N–H and O–H groups in total. The maximum atomic E-state index is 12.4. The Hall–Kier alpha value is -4.55. The highest BCUT2D eigenvalue weighted by molar-refractivity contribution is 6.12. The fraction of sp³-hybridized carbons (Fsp3) is 0.400. The van der Waals surface area contributed by atoms with E-state index in [1.54, 1.807) is 24.3 Å².